The van der Waals surface area contributed by atoms with Crippen molar-refractivity contribution in [3.8, 4) is 0 Å². The third-order valence-electron chi connectivity index (χ3n) is 5.04. The van der Waals surface area contributed by atoms with E-state index in [2.05, 4.69) is 22.2 Å². The average Bonchev–Trinajstić information content (AvgIpc) is 3.26. The van der Waals surface area contributed by atoms with E-state index in [0.29, 0.717) is 10.8 Å². The lowest BCUT2D eigenvalue weighted by Crippen LogP contribution is -2.08. The van der Waals surface area contributed by atoms with Gasteiger partial charge in [0.2, 0.25) is 0 Å². The van der Waals surface area contributed by atoms with Gasteiger partial charge in [-0.25, -0.2) is 14.5 Å². The second-order valence-corrected chi connectivity index (χ2v) is 8.59. The number of oxime groups is 1. The van der Waals surface area contributed by atoms with Crippen molar-refractivity contribution < 1.29 is 4.84 Å². The van der Waals surface area contributed by atoms with Crippen molar-refractivity contribution >= 4 is 45.0 Å². The zero-order valence-corrected chi connectivity index (χ0v) is 16.9. The largest absolute Gasteiger partial charge is 0.387 e. The first-order chi connectivity index (χ1) is 13.7. The van der Waals surface area contributed by atoms with Gasteiger partial charge >= 0.3 is 0 Å². The summed E-state index contributed by atoms with van der Waals surface area (Å²) in [4.78, 5) is 17.2. The van der Waals surface area contributed by atoms with Crippen molar-refractivity contribution in [2.75, 3.05) is 0 Å². The normalized spacial score (nSPS) is 16.9. The minimum atomic E-state index is 0.188. The Morgan fingerprint density at radius 1 is 1.39 bits per heavy atom. The van der Waals surface area contributed by atoms with Crippen LogP contribution in [0.25, 0.3) is 15.9 Å². The highest BCUT2D eigenvalue weighted by Crippen LogP contribution is 2.38. The molecule has 8 heteroatoms. The zero-order chi connectivity index (χ0) is 19.1. The van der Waals surface area contributed by atoms with Crippen LogP contribution >= 0.6 is 22.9 Å². The maximum Gasteiger partial charge on any atom is 0.192 e. The Balaban J connectivity index is 1.41. The van der Waals surface area contributed by atoms with Crippen LogP contribution < -0.4 is 0 Å². The van der Waals surface area contributed by atoms with Gasteiger partial charge in [-0.05, 0) is 36.8 Å². The van der Waals surface area contributed by atoms with E-state index in [-0.39, 0.29) is 6.61 Å². The van der Waals surface area contributed by atoms with Gasteiger partial charge in [-0.2, -0.15) is 0 Å². The maximum absolute atomic E-state index is 6.10. The molecule has 6 nitrogen and oxygen atoms in total. The Morgan fingerprint density at radius 2 is 2.29 bits per heavy atom. The third kappa shape index (κ3) is 3.14. The van der Waals surface area contributed by atoms with E-state index in [9.17, 15) is 0 Å². The lowest BCUT2D eigenvalue weighted by atomic mass is 9.89. The van der Waals surface area contributed by atoms with E-state index in [4.69, 9.17) is 21.4 Å². The van der Waals surface area contributed by atoms with Crippen LogP contribution in [-0.4, -0.2) is 25.8 Å². The summed E-state index contributed by atoms with van der Waals surface area (Å²) in [5, 5.41) is 10.3. The van der Waals surface area contributed by atoms with E-state index in [0.717, 1.165) is 40.2 Å². The van der Waals surface area contributed by atoms with E-state index in [1.54, 1.807) is 28.4 Å². The van der Waals surface area contributed by atoms with Gasteiger partial charge in [0.1, 0.15) is 11.2 Å². The molecule has 142 valence electrons. The van der Waals surface area contributed by atoms with Crippen LogP contribution in [0.2, 0.25) is 5.02 Å². The molecule has 0 amide bonds. The lowest BCUT2D eigenvalue weighted by molar-refractivity contribution is 0.126. The molecule has 0 unspecified atom stereocenters. The number of nitrogens with zero attached hydrogens (tertiary/aromatic N) is 5. The van der Waals surface area contributed by atoms with Crippen LogP contribution in [0.5, 0.6) is 0 Å². The second-order valence-electron chi connectivity index (χ2n) is 7.10. The molecule has 1 aromatic carbocycles. The number of hydrogen-bond acceptors (Lipinski definition) is 6. The number of benzene rings is 1. The first kappa shape index (κ1) is 17.6. The van der Waals surface area contributed by atoms with Crippen molar-refractivity contribution in [2.45, 2.75) is 32.8 Å². The standard InChI is InChI=1S/C20H18ClN5OS/c1-12-6-7-14-16(8-12)28-20-18(14)19-24-17(25-26(19)11-22-20)10-27-23-9-13-4-2-3-5-15(13)21/h2-5,9,11-12H,6-8,10H2,1H3/b23-9-/t12-/m0/s1. The summed E-state index contributed by atoms with van der Waals surface area (Å²) in [5.41, 5.74) is 3.05. The minimum Gasteiger partial charge on any atom is -0.387 e. The molecule has 0 aliphatic heterocycles. The highest BCUT2D eigenvalue weighted by molar-refractivity contribution is 7.19. The minimum absolute atomic E-state index is 0.188. The molecule has 0 N–H and O–H groups in total. The van der Waals surface area contributed by atoms with Crippen molar-refractivity contribution in [2.24, 2.45) is 11.1 Å². The summed E-state index contributed by atoms with van der Waals surface area (Å²) < 4.78 is 1.74. The number of fused-ring (bicyclic) bond motifs is 5. The molecule has 0 saturated heterocycles. The van der Waals surface area contributed by atoms with Gasteiger partial charge < -0.3 is 4.84 Å². The molecule has 0 spiro atoms. The Kier molecular flexibility index (Phi) is 4.49. The van der Waals surface area contributed by atoms with E-state index >= 15 is 0 Å². The SMILES string of the molecule is C[C@H]1CCc2c(sc3ncn4nc(CO/N=C\c5ccccc5Cl)nc4c23)C1. The summed E-state index contributed by atoms with van der Waals surface area (Å²) in [6.07, 6.45) is 6.74. The number of hydrogen-bond donors (Lipinski definition) is 0. The molecule has 0 radical (unpaired) electrons. The monoisotopic (exact) mass is 411 g/mol. The van der Waals surface area contributed by atoms with Crippen LogP contribution in [0.1, 0.15) is 35.2 Å². The van der Waals surface area contributed by atoms with Gasteiger partial charge in [-0.3, -0.25) is 0 Å². The van der Waals surface area contributed by atoms with Crippen molar-refractivity contribution in [1.82, 2.24) is 19.6 Å². The fraction of sp³-hybridized carbons (Fsp3) is 0.300. The second kappa shape index (κ2) is 7.14. The van der Waals surface area contributed by atoms with E-state index < -0.39 is 0 Å². The molecule has 1 atom stereocenters. The predicted octanol–water partition coefficient (Wildman–Crippen LogP) is 4.67. The molecule has 1 aliphatic carbocycles. The molecular weight excluding hydrogens is 394 g/mol. The highest BCUT2D eigenvalue weighted by atomic mass is 35.5. The summed E-state index contributed by atoms with van der Waals surface area (Å²) in [6.45, 7) is 2.50. The van der Waals surface area contributed by atoms with Crippen LogP contribution in [0.4, 0.5) is 0 Å². The summed E-state index contributed by atoms with van der Waals surface area (Å²) >= 11 is 7.89. The van der Waals surface area contributed by atoms with Gasteiger partial charge in [0.25, 0.3) is 0 Å². The van der Waals surface area contributed by atoms with E-state index in [1.165, 1.54) is 16.9 Å². The van der Waals surface area contributed by atoms with Crippen molar-refractivity contribution in [1.29, 1.82) is 0 Å². The quantitative estimate of drug-likeness (QED) is 0.361. The van der Waals surface area contributed by atoms with Crippen LogP contribution in [0.15, 0.2) is 35.7 Å². The number of halogens is 1. The average molecular weight is 412 g/mol. The van der Waals surface area contributed by atoms with Crippen LogP contribution in [0, 0.1) is 5.92 Å². The first-order valence-corrected chi connectivity index (χ1v) is 10.4. The molecule has 3 heterocycles. The summed E-state index contributed by atoms with van der Waals surface area (Å²) in [5.74, 6) is 1.31. The Hall–Kier alpha value is -2.51. The molecule has 0 saturated carbocycles. The molecule has 28 heavy (non-hydrogen) atoms. The third-order valence-corrected chi connectivity index (χ3v) is 6.55. The summed E-state index contributed by atoms with van der Waals surface area (Å²) in [6, 6.07) is 7.46. The molecule has 4 aromatic rings. The Bertz CT molecular complexity index is 1200. The van der Waals surface area contributed by atoms with Gasteiger partial charge in [0.15, 0.2) is 18.1 Å². The fourth-order valence-corrected chi connectivity index (χ4v) is 5.14. The fourth-order valence-electron chi connectivity index (χ4n) is 3.61. The molecule has 0 fully saturated rings. The Labute approximate surface area is 170 Å². The van der Waals surface area contributed by atoms with Gasteiger partial charge in [-0.1, -0.05) is 41.9 Å². The van der Waals surface area contributed by atoms with Gasteiger partial charge in [0, 0.05) is 15.5 Å². The number of aryl methyl sites for hydroxylation is 1. The number of aromatic nitrogens is 4. The van der Waals surface area contributed by atoms with Crippen LogP contribution in [-0.2, 0) is 24.3 Å². The molecule has 0 bridgehead atoms. The van der Waals surface area contributed by atoms with Crippen molar-refractivity contribution in [3.63, 3.8) is 0 Å². The van der Waals surface area contributed by atoms with Crippen LogP contribution in [0.3, 0.4) is 0 Å². The smallest absolute Gasteiger partial charge is 0.192 e. The van der Waals surface area contributed by atoms with Crippen molar-refractivity contribution in [3.05, 3.63) is 57.4 Å². The number of rotatable bonds is 4. The maximum atomic E-state index is 6.10. The van der Waals surface area contributed by atoms with Gasteiger partial charge in [0.05, 0.1) is 11.6 Å². The summed E-state index contributed by atoms with van der Waals surface area (Å²) in [7, 11) is 0. The van der Waals surface area contributed by atoms with E-state index in [1.807, 2.05) is 24.3 Å². The highest BCUT2D eigenvalue weighted by Gasteiger charge is 2.23. The first-order valence-electron chi connectivity index (χ1n) is 9.23. The number of thiophene rings is 1. The Morgan fingerprint density at radius 3 is 3.18 bits per heavy atom. The predicted molar refractivity (Wildman–Crippen MR) is 111 cm³/mol. The zero-order valence-electron chi connectivity index (χ0n) is 15.3. The molecular formula is C20H18ClN5OS. The van der Waals surface area contributed by atoms with Gasteiger partial charge in [-0.15, -0.1) is 16.4 Å². The molecule has 1 aliphatic rings. The molecule has 3 aromatic heterocycles. The molecule has 5 rings (SSSR count). The lowest BCUT2D eigenvalue weighted by Gasteiger charge is -2.17. The topological polar surface area (TPSA) is 64.7 Å².